The van der Waals surface area contributed by atoms with Crippen molar-refractivity contribution >= 4 is 8.25 Å². The maximum Gasteiger partial charge on any atom is 0.697 e. The standard InChI is InChI=1S/C12H8F18O3P/c13-5(14,7(17,18)9(21,22)11(25,26)27)1-3-32-34(31)33-4-2-6(15,16)8(19,20)10(23,24)12(28,29)30/h1-4H2/q+1. The van der Waals surface area contributed by atoms with Crippen molar-refractivity contribution in [3.63, 3.8) is 0 Å². The molecule has 0 atom stereocenters. The number of hydrogen-bond acceptors (Lipinski definition) is 3. The van der Waals surface area contributed by atoms with Gasteiger partial charge in [-0.3, -0.25) is 0 Å². The number of halogens is 18. The summed E-state index contributed by atoms with van der Waals surface area (Å²) in [6, 6.07) is 0. The number of hydrogen-bond donors (Lipinski definition) is 0. The zero-order valence-electron chi connectivity index (χ0n) is 15.3. The van der Waals surface area contributed by atoms with Crippen LogP contribution in [-0.2, 0) is 13.6 Å². The van der Waals surface area contributed by atoms with Gasteiger partial charge in [-0.2, -0.15) is 79.0 Å². The first kappa shape index (κ1) is 32.8. The zero-order valence-corrected chi connectivity index (χ0v) is 16.2. The minimum absolute atomic E-state index is 2.09. The van der Waals surface area contributed by atoms with Crippen molar-refractivity contribution in [2.45, 2.75) is 60.7 Å². The van der Waals surface area contributed by atoms with Gasteiger partial charge in [0.15, 0.2) is 0 Å². The zero-order chi connectivity index (χ0) is 27.8. The lowest BCUT2D eigenvalue weighted by Gasteiger charge is -2.33. The van der Waals surface area contributed by atoms with Gasteiger partial charge in [0.05, 0.1) is 0 Å². The molecule has 0 aliphatic carbocycles. The lowest BCUT2D eigenvalue weighted by atomic mass is 10.0. The van der Waals surface area contributed by atoms with E-state index >= 15 is 0 Å². The van der Waals surface area contributed by atoms with E-state index in [1.807, 2.05) is 0 Å². The van der Waals surface area contributed by atoms with Crippen molar-refractivity contribution in [2.75, 3.05) is 13.2 Å². The van der Waals surface area contributed by atoms with E-state index in [9.17, 15) is 83.6 Å². The second kappa shape index (κ2) is 9.67. The van der Waals surface area contributed by atoms with Crippen LogP contribution in [0.15, 0.2) is 0 Å². The lowest BCUT2D eigenvalue weighted by Crippen LogP contribution is -2.61. The van der Waals surface area contributed by atoms with E-state index in [4.69, 9.17) is 0 Å². The molecule has 0 bridgehead atoms. The molecule has 0 fully saturated rings. The van der Waals surface area contributed by atoms with Gasteiger partial charge in [-0.1, -0.05) is 0 Å². The van der Waals surface area contributed by atoms with Crippen molar-refractivity contribution in [1.29, 1.82) is 0 Å². The summed E-state index contributed by atoms with van der Waals surface area (Å²) in [5.74, 6) is -41.1. The van der Waals surface area contributed by atoms with Crippen LogP contribution in [0.2, 0.25) is 0 Å². The van der Waals surface area contributed by atoms with Gasteiger partial charge in [0.25, 0.3) is 0 Å². The van der Waals surface area contributed by atoms with Crippen LogP contribution in [0.25, 0.3) is 0 Å². The number of rotatable bonds is 12. The van der Waals surface area contributed by atoms with Crippen LogP contribution in [0.3, 0.4) is 0 Å². The molecule has 0 N–H and O–H groups in total. The molecular formula is C12H8F18O3P+. The first-order valence-corrected chi connectivity index (χ1v) is 8.83. The van der Waals surface area contributed by atoms with E-state index in [0.29, 0.717) is 0 Å². The third-order valence-electron chi connectivity index (χ3n) is 3.64. The molecule has 0 rings (SSSR count). The second-order valence-electron chi connectivity index (χ2n) is 6.09. The molecule has 0 radical (unpaired) electrons. The second-order valence-corrected chi connectivity index (χ2v) is 7.06. The molecule has 0 aliphatic heterocycles. The van der Waals surface area contributed by atoms with Gasteiger partial charge in [0.1, 0.15) is 13.2 Å². The van der Waals surface area contributed by atoms with Crippen molar-refractivity contribution < 1.29 is 92.6 Å². The predicted octanol–water partition coefficient (Wildman–Crippen LogP) is 7.39. The molecule has 0 aromatic heterocycles. The summed E-state index contributed by atoms with van der Waals surface area (Å²) in [6.07, 6.45) is -19.7. The first-order chi connectivity index (χ1) is 14.6. The summed E-state index contributed by atoms with van der Waals surface area (Å²) in [6.45, 7) is -4.19. The highest BCUT2D eigenvalue weighted by Crippen LogP contribution is 2.55. The summed E-state index contributed by atoms with van der Waals surface area (Å²) in [5, 5.41) is 0. The highest BCUT2D eigenvalue weighted by atomic mass is 31.1. The summed E-state index contributed by atoms with van der Waals surface area (Å²) in [5.41, 5.74) is 0. The Kier molecular flexibility index (Phi) is 9.31. The van der Waals surface area contributed by atoms with Crippen LogP contribution in [0.4, 0.5) is 79.0 Å². The molecule has 0 saturated heterocycles. The fourth-order valence-corrected chi connectivity index (χ4v) is 2.22. The third kappa shape index (κ3) is 6.11. The molecule has 22 heteroatoms. The van der Waals surface area contributed by atoms with E-state index < -0.39 is 82.2 Å². The van der Waals surface area contributed by atoms with Gasteiger partial charge in [-0.25, -0.2) is 0 Å². The molecule has 204 valence electrons. The first-order valence-electron chi connectivity index (χ1n) is 7.73. The number of alkyl halides is 18. The monoisotopic (exact) mass is 573 g/mol. The Bertz CT molecular complexity index is 654. The molecule has 3 nitrogen and oxygen atoms in total. The van der Waals surface area contributed by atoms with Crippen molar-refractivity contribution in [1.82, 2.24) is 0 Å². The third-order valence-corrected chi connectivity index (χ3v) is 4.43. The molecule has 0 amide bonds. The summed E-state index contributed by atoms with van der Waals surface area (Å²) >= 11 is 0. The molecule has 0 aliphatic rings. The van der Waals surface area contributed by atoms with Crippen LogP contribution in [0, 0.1) is 0 Å². The van der Waals surface area contributed by atoms with Crippen LogP contribution in [-0.4, -0.2) is 61.1 Å². The Labute approximate surface area is 176 Å². The molecule has 0 spiro atoms. The van der Waals surface area contributed by atoms with E-state index in [0.717, 1.165) is 0 Å². The smallest absolute Gasteiger partial charge is 0.200 e. The van der Waals surface area contributed by atoms with Gasteiger partial charge in [0, 0.05) is 17.4 Å². The topological polar surface area (TPSA) is 35.5 Å². The van der Waals surface area contributed by atoms with Gasteiger partial charge >= 0.3 is 56.1 Å². The molecular weight excluding hydrogens is 565 g/mol. The fraction of sp³-hybridized carbons (Fsp3) is 1.00. The van der Waals surface area contributed by atoms with E-state index in [1.54, 1.807) is 0 Å². The average molecular weight is 573 g/mol. The Balaban J connectivity index is 4.98. The van der Waals surface area contributed by atoms with Crippen molar-refractivity contribution in [2.24, 2.45) is 0 Å². The van der Waals surface area contributed by atoms with Gasteiger partial charge in [-0.05, 0) is 0 Å². The Morgan fingerprint density at radius 2 is 0.676 bits per heavy atom. The minimum Gasteiger partial charge on any atom is -0.200 e. The minimum atomic E-state index is -7.27. The van der Waals surface area contributed by atoms with E-state index in [1.165, 1.54) is 0 Å². The van der Waals surface area contributed by atoms with E-state index in [-0.39, 0.29) is 0 Å². The van der Waals surface area contributed by atoms with E-state index in [2.05, 4.69) is 9.05 Å². The van der Waals surface area contributed by atoms with Crippen LogP contribution < -0.4 is 0 Å². The quantitative estimate of drug-likeness (QED) is 0.181. The maximum atomic E-state index is 13.1. The fourth-order valence-electron chi connectivity index (χ4n) is 1.66. The highest BCUT2D eigenvalue weighted by Gasteiger charge is 2.82. The largest absolute Gasteiger partial charge is 0.697 e. The summed E-state index contributed by atoms with van der Waals surface area (Å²) < 4.78 is 244. The molecule has 0 heterocycles. The Morgan fingerprint density at radius 1 is 0.441 bits per heavy atom. The van der Waals surface area contributed by atoms with Crippen molar-refractivity contribution in [3.8, 4) is 0 Å². The lowest BCUT2D eigenvalue weighted by molar-refractivity contribution is -0.397. The van der Waals surface area contributed by atoms with Crippen LogP contribution in [0.5, 0.6) is 0 Å². The van der Waals surface area contributed by atoms with Crippen LogP contribution in [0.1, 0.15) is 12.8 Å². The molecule has 0 unspecified atom stereocenters. The molecule has 34 heavy (non-hydrogen) atoms. The summed E-state index contributed by atoms with van der Waals surface area (Å²) in [7, 11) is -4.09. The normalized spacial score (nSPS) is 15.6. The van der Waals surface area contributed by atoms with Gasteiger partial charge in [0.2, 0.25) is 0 Å². The van der Waals surface area contributed by atoms with Gasteiger partial charge < -0.3 is 0 Å². The highest BCUT2D eigenvalue weighted by molar-refractivity contribution is 7.33. The molecule has 0 aromatic carbocycles. The Hall–Kier alpha value is -1.24. The molecule has 0 aromatic rings. The van der Waals surface area contributed by atoms with Gasteiger partial charge in [-0.15, -0.1) is 9.05 Å². The van der Waals surface area contributed by atoms with Crippen LogP contribution >= 0.6 is 8.25 Å². The maximum absolute atomic E-state index is 13.1. The van der Waals surface area contributed by atoms with Crippen molar-refractivity contribution in [3.05, 3.63) is 0 Å². The summed E-state index contributed by atoms with van der Waals surface area (Å²) in [4.78, 5) is 0. The average Bonchev–Trinajstić information content (AvgIpc) is 2.58. The SMILES string of the molecule is O=[P+](OCCC(F)(F)C(F)(F)C(F)(F)C(F)(F)F)OCCC(F)(F)C(F)(F)C(F)(F)C(F)(F)F. The predicted molar refractivity (Wildman–Crippen MR) is 70.5 cm³/mol. The molecule has 0 saturated carbocycles. The Morgan fingerprint density at radius 3 is 0.882 bits per heavy atom.